The van der Waals surface area contributed by atoms with Gasteiger partial charge < -0.3 is 9.84 Å². The van der Waals surface area contributed by atoms with Crippen LogP contribution in [0.25, 0.3) is 0 Å². The summed E-state index contributed by atoms with van der Waals surface area (Å²) in [5, 5.41) is 9.04. The van der Waals surface area contributed by atoms with Crippen molar-refractivity contribution < 1.29 is 23.1 Å². The van der Waals surface area contributed by atoms with E-state index >= 15 is 0 Å². The summed E-state index contributed by atoms with van der Waals surface area (Å²) in [5.41, 5.74) is 1.12. The van der Waals surface area contributed by atoms with Gasteiger partial charge in [0.25, 0.3) is 0 Å². The standard InChI is InChI=1S/C13H18O5S/c1-4-18-5-6-19(16,17)12-8-11(13(14)15)9(2)7-10(12)3/h7-8H,4-6H2,1-3H3,(H,14,15). The zero-order valence-corrected chi connectivity index (χ0v) is 12.1. The predicted molar refractivity (Wildman–Crippen MR) is 71.4 cm³/mol. The molecule has 0 bridgehead atoms. The topological polar surface area (TPSA) is 80.7 Å². The van der Waals surface area contributed by atoms with E-state index in [1.54, 1.807) is 26.8 Å². The summed E-state index contributed by atoms with van der Waals surface area (Å²) in [4.78, 5) is 11.1. The highest BCUT2D eigenvalue weighted by Gasteiger charge is 2.20. The first kappa shape index (κ1) is 15.7. The Morgan fingerprint density at radius 2 is 1.89 bits per heavy atom. The first-order valence-electron chi connectivity index (χ1n) is 5.94. The highest BCUT2D eigenvalue weighted by molar-refractivity contribution is 7.91. The fourth-order valence-electron chi connectivity index (χ4n) is 1.82. The molecule has 1 rings (SSSR count). The van der Waals surface area contributed by atoms with Crippen LogP contribution in [-0.4, -0.2) is 38.5 Å². The van der Waals surface area contributed by atoms with Crippen LogP contribution in [0, 0.1) is 13.8 Å². The van der Waals surface area contributed by atoms with E-state index in [1.807, 2.05) is 0 Å². The van der Waals surface area contributed by atoms with E-state index in [2.05, 4.69) is 0 Å². The highest BCUT2D eigenvalue weighted by atomic mass is 32.2. The molecule has 5 nitrogen and oxygen atoms in total. The number of carbonyl (C=O) groups is 1. The van der Waals surface area contributed by atoms with Gasteiger partial charge in [-0.25, -0.2) is 13.2 Å². The molecule has 0 aliphatic carbocycles. The van der Waals surface area contributed by atoms with Crippen LogP contribution in [0.4, 0.5) is 0 Å². The number of hydrogen-bond donors (Lipinski definition) is 1. The molecule has 0 heterocycles. The van der Waals surface area contributed by atoms with Crippen molar-refractivity contribution in [2.24, 2.45) is 0 Å². The van der Waals surface area contributed by atoms with Crippen LogP contribution in [0.2, 0.25) is 0 Å². The molecular weight excluding hydrogens is 268 g/mol. The molecule has 0 aromatic heterocycles. The van der Waals surface area contributed by atoms with E-state index in [9.17, 15) is 13.2 Å². The Morgan fingerprint density at radius 3 is 2.42 bits per heavy atom. The SMILES string of the molecule is CCOCCS(=O)(=O)c1cc(C(=O)O)c(C)cc1C. The van der Waals surface area contributed by atoms with Gasteiger partial charge in [0.2, 0.25) is 0 Å². The Labute approximate surface area is 113 Å². The third-order valence-corrected chi connectivity index (χ3v) is 4.60. The molecule has 0 aliphatic heterocycles. The van der Waals surface area contributed by atoms with Gasteiger partial charge in [0.05, 0.1) is 22.8 Å². The van der Waals surface area contributed by atoms with Crippen LogP contribution in [0.3, 0.4) is 0 Å². The second kappa shape index (κ2) is 6.16. The van der Waals surface area contributed by atoms with Crippen LogP contribution in [0.1, 0.15) is 28.4 Å². The first-order chi connectivity index (χ1) is 8.79. The van der Waals surface area contributed by atoms with Crippen molar-refractivity contribution in [1.29, 1.82) is 0 Å². The zero-order valence-electron chi connectivity index (χ0n) is 11.3. The molecule has 0 unspecified atom stereocenters. The number of ether oxygens (including phenoxy) is 1. The summed E-state index contributed by atoms with van der Waals surface area (Å²) in [6.07, 6.45) is 0. The van der Waals surface area contributed by atoms with Crippen LogP contribution in [-0.2, 0) is 14.6 Å². The minimum absolute atomic E-state index is 0.0144. The van der Waals surface area contributed by atoms with Gasteiger partial charge in [0.15, 0.2) is 9.84 Å². The molecule has 0 fully saturated rings. The van der Waals surface area contributed by atoms with Gasteiger partial charge in [-0.2, -0.15) is 0 Å². The van der Waals surface area contributed by atoms with Gasteiger partial charge >= 0.3 is 5.97 Å². The van der Waals surface area contributed by atoms with Crippen molar-refractivity contribution >= 4 is 15.8 Å². The third kappa shape index (κ3) is 3.78. The van der Waals surface area contributed by atoms with Crippen LogP contribution < -0.4 is 0 Å². The lowest BCUT2D eigenvalue weighted by Gasteiger charge is -2.11. The van der Waals surface area contributed by atoms with E-state index in [-0.39, 0.29) is 22.8 Å². The van der Waals surface area contributed by atoms with E-state index in [0.717, 1.165) is 0 Å². The molecule has 6 heteroatoms. The molecule has 0 spiro atoms. The number of carboxylic acids is 1. The Balaban J connectivity index is 3.19. The van der Waals surface area contributed by atoms with E-state index < -0.39 is 15.8 Å². The molecular formula is C13H18O5S. The average Bonchev–Trinajstić information content (AvgIpc) is 2.28. The van der Waals surface area contributed by atoms with Crippen molar-refractivity contribution in [3.05, 3.63) is 28.8 Å². The number of hydrogen-bond acceptors (Lipinski definition) is 4. The maximum Gasteiger partial charge on any atom is 0.335 e. The molecule has 106 valence electrons. The lowest BCUT2D eigenvalue weighted by atomic mass is 10.1. The number of carboxylic acid groups (broad SMARTS) is 1. The minimum atomic E-state index is -3.52. The second-order valence-corrected chi connectivity index (χ2v) is 6.33. The first-order valence-corrected chi connectivity index (χ1v) is 7.60. The van der Waals surface area contributed by atoms with Gasteiger partial charge in [-0.3, -0.25) is 0 Å². The van der Waals surface area contributed by atoms with Crippen molar-refractivity contribution in [1.82, 2.24) is 0 Å². The van der Waals surface area contributed by atoms with Gasteiger partial charge in [-0.1, -0.05) is 6.07 Å². The fraction of sp³-hybridized carbons (Fsp3) is 0.462. The number of rotatable bonds is 6. The largest absolute Gasteiger partial charge is 0.478 e. The van der Waals surface area contributed by atoms with Gasteiger partial charge in [0, 0.05) is 6.61 Å². The van der Waals surface area contributed by atoms with E-state index in [0.29, 0.717) is 17.7 Å². The smallest absolute Gasteiger partial charge is 0.335 e. The number of aromatic carboxylic acids is 1. The molecule has 1 aromatic rings. The second-order valence-electron chi connectivity index (χ2n) is 4.25. The van der Waals surface area contributed by atoms with Gasteiger partial charge in [0.1, 0.15) is 0 Å². The normalized spacial score (nSPS) is 11.5. The van der Waals surface area contributed by atoms with Gasteiger partial charge in [-0.05, 0) is 38.0 Å². The number of aryl methyl sites for hydroxylation is 2. The Morgan fingerprint density at radius 1 is 1.26 bits per heavy atom. The van der Waals surface area contributed by atoms with Crippen molar-refractivity contribution in [3.63, 3.8) is 0 Å². The van der Waals surface area contributed by atoms with Crippen LogP contribution >= 0.6 is 0 Å². The molecule has 1 N–H and O–H groups in total. The summed E-state index contributed by atoms with van der Waals surface area (Å²) in [6, 6.07) is 2.81. The van der Waals surface area contributed by atoms with Crippen LogP contribution in [0.15, 0.2) is 17.0 Å². The molecule has 0 aliphatic rings. The van der Waals surface area contributed by atoms with Crippen LogP contribution in [0.5, 0.6) is 0 Å². The lowest BCUT2D eigenvalue weighted by Crippen LogP contribution is -2.15. The van der Waals surface area contributed by atoms with E-state index in [1.165, 1.54) is 6.07 Å². The van der Waals surface area contributed by atoms with Crippen molar-refractivity contribution in [2.75, 3.05) is 19.0 Å². The molecule has 0 radical (unpaired) electrons. The Bertz CT molecular complexity index is 575. The maximum absolute atomic E-state index is 12.1. The molecule has 0 amide bonds. The molecule has 1 aromatic carbocycles. The highest BCUT2D eigenvalue weighted by Crippen LogP contribution is 2.21. The minimum Gasteiger partial charge on any atom is -0.478 e. The van der Waals surface area contributed by atoms with Gasteiger partial charge in [-0.15, -0.1) is 0 Å². The van der Waals surface area contributed by atoms with E-state index in [4.69, 9.17) is 9.84 Å². The Kier molecular flexibility index (Phi) is 5.08. The lowest BCUT2D eigenvalue weighted by molar-refractivity contribution is 0.0696. The summed E-state index contributed by atoms with van der Waals surface area (Å²) in [6.45, 7) is 5.64. The average molecular weight is 286 g/mol. The quantitative estimate of drug-likeness (QED) is 0.807. The maximum atomic E-state index is 12.1. The number of sulfone groups is 1. The predicted octanol–water partition coefficient (Wildman–Crippen LogP) is 1.81. The molecule has 0 atom stereocenters. The Hall–Kier alpha value is -1.40. The molecule has 19 heavy (non-hydrogen) atoms. The summed E-state index contributed by atoms with van der Waals surface area (Å²) in [7, 11) is -3.52. The summed E-state index contributed by atoms with van der Waals surface area (Å²) < 4.78 is 29.3. The molecule has 0 saturated carbocycles. The summed E-state index contributed by atoms with van der Waals surface area (Å²) in [5.74, 6) is -1.28. The molecule has 0 saturated heterocycles. The van der Waals surface area contributed by atoms with Crippen molar-refractivity contribution in [2.45, 2.75) is 25.7 Å². The number of benzene rings is 1. The monoisotopic (exact) mass is 286 g/mol. The zero-order chi connectivity index (χ0) is 14.6. The fourth-order valence-corrected chi connectivity index (χ4v) is 3.22. The van der Waals surface area contributed by atoms with Crippen molar-refractivity contribution in [3.8, 4) is 0 Å². The third-order valence-electron chi connectivity index (χ3n) is 2.79. The summed E-state index contributed by atoms with van der Waals surface area (Å²) >= 11 is 0.